The Morgan fingerprint density at radius 3 is 2.42 bits per heavy atom. The van der Waals surface area contributed by atoms with Crippen LogP contribution in [0.2, 0.25) is 0 Å². The molecule has 168 valence electrons. The van der Waals surface area contributed by atoms with Gasteiger partial charge in [0.25, 0.3) is 0 Å². The number of hydrogen-bond acceptors (Lipinski definition) is 7. The average Bonchev–Trinajstić information content (AvgIpc) is 3.16. The van der Waals surface area contributed by atoms with Crippen LogP contribution in [0.25, 0.3) is 0 Å². The zero-order valence-corrected chi connectivity index (χ0v) is 18.3. The molecule has 1 aromatic heterocycles. The van der Waals surface area contributed by atoms with E-state index in [-0.39, 0.29) is 22.5 Å². The lowest BCUT2D eigenvalue weighted by Gasteiger charge is -2.32. The third-order valence-electron chi connectivity index (χ3n) is 4.81. The molecule has 0 spiro atoms. The van der Waals surface area contributed by atoms with Gasteiger partial charge in [-0.05, 0) is 39.7 Å². The van der Waals surface area contributed by atoms with Crippen molar-refractivity contribution in [2.45, 2.75) is 45.8 Å². The van der Waals surface area contributed by atoms with E-state index in [9.17, 15) is 22.8 Å². The van der Waals surface area contributed by atoms with E-state index in [0.29, 0.717) is 31.1 Å². The quantitative estimate of drug-likeness (QED) is 0.655. The zero-order chi connectivity index (χ0) is 22.8. The summed E-state index contributed by atoms with van der Waals surface area (Å²) in [5.74, 6) is -0.997. The Labute approximate surface area is 182 Å². The number of alkyl halides is 3. The minimum Gasteiger partial charge on any atom is -0.367 e. The molecule has 1 N–H and O–H groups in total. The molecule has 1 aromatic carbocycles. The molecule has 10 heteroatoms. The van der Waals surface area contributed by atoms with E-state index in [2.05, 4.69) is 10.3 Å². The summed E-state index contributed by atoms with van der Waals surface area (Å²) in [5.41, 5.74) is -1.93. The third-order valence-corrected chi connectivity index (χ3v) is 5.74. The predicted molar refractivity (Wildman–Crippen MR) is 111 cm³/mol. The Bertz CT molecular complexity index is 945. The molecule has 6 nitrogen and oxygen atoms in total. The highest BCUT2D eigenvalue weighted by Gasteiger charge is 2.35. The van der Waals surface area contributed by atoms with Gasteiger partial charge in [0.15, 0.2) is 5.13 Å². The number of rotatable bonds is 5. The van der Waals surface area contributed by atoms with E-state index in [1.54, 1.807) is 25.8 Å². The molecule has 1 aliphatic rings. The van der Waals surface area contributed by atoms with Crippen LogP contribution in [0.4, 0.5) is 18.3 Å². The van der Waals surface area contributed by atoms with Crippen LogP contribution >= 0.6 is 11.3 Å². The van der Waals surface area contributed by atoms with Gasteiger partial charge in [-0.15, -0.1) is 5.06 Å². The van der Waals surface area contributed by atoms with Crippen LogP contribution in [0, 0.1) is 5.41 Å². The number of hydrogen-bond donors (Lipinski definition) is 1. The van der Waals surface area contributed by atoms with E-state index in [0.717, 1.165) is 17.4 Å². The molecule has 3 rings (SSSR count). The maximum absolute atomic E-state index is 13.2. The lowest BCUT2D eigenvalue weighted by molar-refractivity contribution is -0.204. The normalized spacial score (nSPS) is 16.2. The van der Waals surface area contributed by atoms with Crippen LogP contribution in [0.5, 0.6) is 0 Å². The van der Waals surface area contributed by atoms with E-state index < -0.39 is 22.9 Å². The smallest absolute Gasteiger partial charge is 0.367 e. The number of hydroxylamine groups is 2. The van der Waals surface area contributed by atoms with Gasteiger partial charge in [0.2, 0.25) is 5.78 Å². The molecule has 0 amide bonds. The summed E-state index contributed by atoms with van der Waals surface area (Å²) in [4.78, 5) is 34.3. The number of anilines is 1. The molecule has 0 aliphatic carbocycles. The number of nitrogens with zero attached hydrogens (tertiary/aromatic N) is 2. The minimum atomic E-state index is -4.61. The number of aromatic nitrogens is 1. The molecule has 0 saturated carbocycles. The van der Waals surface area contributed by atoms with Gasteiger partial charge in [-0.25, -0.2) is 9.78 Å². The van der Waals surface area contributed by atoms with Crippen LogP contribution < -0.4 is 5.32 Å². The molecule has 0 unspecified atom stereocenters. The first-order valence-electron chi connectivity index (χ1n) is 9.86. The monoisotopic (exact) mass is 455 g/mol. The summed E-state index contributed by atoms with van der Waals surface area (Å²) in [6.07, 6.45) is -1.93. The number of nitrogens with one attached hydrogen (secondary N) is 1. The maximum Gasteiger partial charge on any atom is 0.417 e. The van der Waals surface area contributed by atoms with Gasteiger partial charge in [-0.1, -0.05) is 29.5 Å². The lowest BCUT2D eigenvalue weighted by atomic mass is 9.98. The molecule has 0 radical (unpaired) electrons. The number of carbonyl (C=O) groups is 2. The fourth-order valence-electron chi connectivity index (χ4n) is 3.03. The minimum absolute atomic E-state index is 0.0566. The van der Waals surface area contributed by atoms with E-state index >= 15 is 0 Å². The van der Waals surface area contributed by atoms with Crippen molar-refractivity contribution < 1.29 is 27.6 Å². The lowest BCUT2D eigenvalue weighted by Crippen LogP contribution is -2.42. The number of ketones is 1. The van der Waals surface area contributed by atoms with Gasteiger partial charge < -0.3 is 10.2 Å². The van der Waals surface area contributed by atoms with E-state index in [4.69, 9.17) is 4.84 Å². The van der Waals surface area contributed by atoms with E-state index in [1.165, 1.54) is 24.4 Å². The number of piperidine rings is 1. The van der Waals surface area contributed by atoms with Crippen LogP contribution in [0.15, 0.2) is 30.5 Å². The summed E-state index contributed by atoms with van der Waals surface area (Å²) in [7, 11) is 0. The first kappa shape index (κ1) is 23.2. The SMILES string of the molecule is CC(C)(C)C(=O)ON1CCC(Nc2ncc(C(=O)c3ccccc3C(F)(F)F)s2)CC1. The van der Waals surface area contributed by atoms with Crippen molar-refractivity contribution in [2.24, 2.45) is 5.41 Å². The molecule has 1 saturated heterocycles. The van der Waals surface area contributed by atoms with Gasteiger partial charge in [0, 0.05) is 24.7 Å². The van der Waals surface area contributed by atoms with Gasteiger partial charge >= 0.3 is 12.1 Å². The van der Waals surface area contributed by atoms with Gasteiger partial charge in [-0.2, -0.15) is 13.2 Å². The van der Waals surface area contributed by atoms with Crippen molar-refractivity contribution in [1.29, 1.82) is 0 Å². The third kappa shape index (κ3) is 5.82. The van der Waals surface area contributed by atoms with Gasteiger partial charge in [0.1, 0.15) is 0 Å². The second kappa shape index (κ2) is 8.96. The highest BCUT2D eigenvalue weighted by molar-refractivity contribution is 7.17. The molecule has 0 bridgehead atoms. The number of thiazole rings is 1. The van der Waals surface area contributed by atoms with Crippen molar-refractivity contribution in [3.05, 3.63) is 46.5 Å². The maximum atomic E-state index is 13.2. The first-order chi connectivity index (χ1) is 14.4. The van der Waals surface area contributed by atoms with E-state index in [1.807, 2.05) is 0 Å². The van der Waals surface area contributed by atoms with Crippen molar-refractivity contribution in [3.8, 4) is 0 Å². The molecule has 2 aromatic rings. The Morgan fingerprint density at radius 2 is 1.81 bits per heavy atom. The number of benzene rings is 1. The Kier molecular flexibility index (Phi) is 6.70. The summed E-state index contributed by atoms with van der Waals surface area (Å²) in [6.45, 7) is 6.47. The fraction of sp³-hybridized carbons (Fsp3) is 0.476. The topological polar surface area (TPSA) is 71.5 Å². The number of carbonyl (C=O) groups excluding carboxylic acids is 2. The Morgan fingerprint density at radius 1 is 1.16 bits per heavy atom. The molecule has 1 aliphatic heterocycles. The summed E-state index contributed by atoms with van der Waals surface area (Å²) in [6, 6.07) is 4.79. The second-order valence-electron chi connectivity index (χ2n) is 8.38. The molecule has 1 fully saturated rings. The zero-order valence-electron chi connectivity index (χ0n) is 17.5. The summed E-state index contributed by atoms with van der Waals surface area (Å²) >= 11 is 1.03. The van der Waals surface area contributed by atoms with Crippen LogP contribution in [-0.4, -0.2) is 40.9 Å². The molecular formula is C21H24F3N3O3S. The highest BCUT2D eigenvalue weighted by atomic mass is 32.1. The average molecular weight is 456 g/mol. The first-order valence-corrected chi connectivity index (χ1v) is 10.7. The van der Waals surface area contributed by atoms with Crippen molar-refractivity contribution in [1.82, 2.24) is 10.0 Å². The van der Waals surface area contributed by atoms with Crippen LogP contribution in [-0.2, 0) is 15.8 Å². The Balaban J connectivity index is 1.59. The largest absolute Gasteiger partial charge is 0.417 e. The fourth-order valence-corrected chi connectivity index (χ4v) is 3.87. The van der Waals surface area contributed by atoms with Crippen molar-refractivity contribution >= 4 is 28.2 Å². The Hall–Kier alpha value is -2.46. The molecular weight excluding hydrogens is 431 g/mol. The number of halogens is 3. The second-order valence-corrected chi connectivity index (χ2v) is 9.41. The van der Waals surface area contributed by atoms with Crippen molar-refractivity contribution in [2.75, 3.05) is 18.4 Å². The van der Waals surface area contributed by atoms with Crippen LogP contribution in [0.1, 0.15) is 54.4 Å². The van der Waals surface area contributed by atoms with Crippen LogP contribution in [0.3, 0.4) is 0 Å². The molecule has 2 heterocycles. The summed E-state index contributed by atoms with van der Waals surface area (Å²) in [5, 5.41) is 5.33. The van der Waals surface area contributed by atoms with Crippen molar-refractivity contribution in [3.63, 3.8) is 0 Å². The summed E-state index contributed by atoms with van der Waals surface area (Å²) < 4.78 is 39.6. The highest BCUT2D eigenvalue weighted by Crippen LogP contribution is 2.34. The predicted octanol–water partition coefficient (Wildman–Crippen LogP) is 4.77. The molecule has 31 heavy (non-hydrogen) atoms. The molecule has 0 atom stereocenters. The standard InChI is InChI=1S/C21H24F3N3O3S/c1-20(2,3)18(29)30-27-10-8-13(9-11-27)26-19-25-12-16(31-19)17(28)14-6-4-5-7-15(14)21(22,23)24/h4-7,12-13H,8-11H2,1-3H3,(H,25,26). The van der Waals surface area contributed by atoms with Gasteiger partial charge in [-0.3, -0.25) is 4.79 Å². The van der Waals surface area contributed by atoms with Gasteiger partial charge in [0.05, 0.1) is 22.1 Å².